The number of rotatable bonds is 3. The van der Waals surface area contributed by atoms with Crippen molar-refractivity contribution in [2.24, 2.45) is 0 Å². The molecule has 1 aliphatic heterocycles. The van der Waals surface area contributed by atoms with E-state index in [0.717, 1.165) is 25.1 Å². The number of nitrogens with zero attached hydrogens (tertiary/aromatic N) is 1. The highest BCUT2D eigenvalue weighted by Crippen LogP contribution is 2.38. The molecule has 0 aromatic carbocycles. The first-order valence-electron chi connectivity index (χ1n) is 6.69. The van der Waals surface area contributed by atoms with E-state index in [-0.39, 0.29) is 11.5 Å². The van der Waals surface area contributed by atoms with Crippen molar-refractivity contribution in [3.63, 3.8) is 0 Å². The number of aromatic nitrogens is 1. The second-order valence-corrected chi connectivity index (χ2v) is 5.41. The van der Waals surface area contributed by atoms with Crippen molar-refractivity contribution in [2.45, 2.75) is 32.7 Å². The van der Waals surface area contributed by atoms with Crippen molar-refractivity contribution in [3.8, 4) is 17.2 Å². The number of carbonyl (C=O) groups is 1. The third-order valence-electron chi connectivity index (χ3n) is 3.67. The number of halogens is 1. The Morgan fingerprint density at radius 3 is 2.85 bits per heavy atom. The molecule has 0 bridgehead atoms. The second-order valence-electron chi connectivity index (χ2n) is 5.01. The van der Waals surface area contributed by atoms with Gasteiger partial charge in [0.25, 0.3) is 0 Å². The summed E-state index contributed by atoms with van der Waals surface area (Å²) in [5.41, 5.74) is 2.06. The number of Topliss-reactive ketones (excluding diaryl/α,β-unsaturated/α-hetero) is 1. The molecule has 2 aromatic heterocycles. The number of hydrogen-bond acceptors (Lipinski definition) is 3. The Bertz CT molecular complexity index is 669. The van der Waals surface area contributed by atoms with E-state index < -0.39 is 0 Å². The molecule has 3 rings (SSSR count). The van der Waals surface area contributed by atoms with Crippen LogP contribution >= 0.6 is 11.6 Å². The van der Waals surface area contributed by atoms with Gasteiger partial charge in [-0.1, -0.05) is 11.6 Å². The van der Waals surface area contributed by atoms with Gasteiger partial charge in [-0.2, -0.15) is 0 Å². The first-order chi connectivity index (χ1) is 9.61. The van der Waals surface area contributed by atoms with E-state index in [4.69, 9.17) is 20.8 Å². The summed E-state index contributed by atoms with van der Waals surface area (Å²) in [7, 11) is 1.52. The number of furan rings is 1. The standard InChI is InChI=1S/C15H16ClNO3/c1-9(18)15-13(19-2)8-12(20-15)14-11(16)7-10-5-3-4-6-17(10)14/h7-8H,3-6H2,1-2H3. The molecule has 4 nitrogen and oxygen atoms in total. The number of carbonyl (C=O) groups excluding carboxylic acids is 1. The lowest BCUT2D eigenvalue weighted by atomic mass is 10.1. The predicted octanol–water partition coefficient (Wildman–Crippen LogP) is 3.95. The van der Waals surface area contributed by atoms with Gasteiger partial charge in [-0.3, -0.25) is 4.79 Å². The van der Waals surface area contributed by atoms with Crippen molar-refractivity contribution < 1.29 is 13.9 Å². The van der Waals surface area contributed by atoms with Gasteiger partial charge in [-0.05, 0) is 25.3 Å². The summed E-state index contributed by atoms with van der Waals surface area (Å²) in [5.74, 6) is 1.12. The quantitative estimate of drug-likeness (QED) is 0.805. The van der Waals surface area contributed by atoms with Crippen molar-refractivity contribution in [2.75, 3.05) is 7.11 Å². The third-order valence-corrected chi connectivity index (χ3v) is 3.96. The van der Waals surface area contributed by atoms with E-state index in [1.54, 1.807) is 6.07 Å². The lowest BCUT2D eigenvalue weighted by molar-refractivity contribution is 0.0984. The van der Waals surface area contributed by atoms with Crippen LogP contribution in [0, 0.1) is 0 Å². The van der Waals surface area contributed by atoms with Gasteiger partial charge in [0.1, 0.15) is 5.69 Å². The molecule has 0 fully saturated rings. The van der Waals surface area contributed by atoms with E-state index in [0.29, 0.717) is 16.5 Å². The monoisotopic (exact) mass is 293 g/mol. The maximum Gasteiger partial charge on any atom is 0.212 e. The normalized spacial score (nSPS) is 14.2. The van der Waals surface area contributed by atoms with Crippen LogP contribution in [-0.2, 0) is 13.0 Å². The molecular weight excluding hydrogens is 278 g/mol. The molecule has 0 aliphatic carbocycles. The Morgan fingerprint density at radius 2 is 2.20 bits per heavy atom. The highest BCUT2D eigenvalue weighted by atomic mass is 35.5. The van der Waals surface area contributed by atoms with Crippen LogP contribution in [0.25, 0.3) is 11.5 Å². The first-order valence-corrected chi connectivity index (χ1v) is 7.06. The van der Waals surface area contributed by atoms with Gasteiger partial charge < -0.3 is 13.7 Å². The first kappa shape index (κ1) is 13.3. The van der Waals surface area contributed by atoms with E-state index in [1.807, 2.05) is 6.07 Å². The Kier molecular flexibility index (Phi) is 3.34. The molecule has 0 saturated carbocycles. The molecule has 2 aromatic rings. The number of methoxy groups -OCH3 is 1. The molecule has 0 amide bonds. The Labute approximate surface area is 122 Å². The smallest absolute Gasteiger partial charge is 0.212 e. The average molecular weight is 294 g/mol. The van der Waals surface area contributed by atoms with E-state index >= 15 is 0 Å². The summed E-state index contributed by atoms with van der Waals surface area (Å²) in [6.07, 6.45) is 3.33. The molecule has 0 atom stereocenters. The molecule has 0 spiro atoms. The van der Waals surface area contributed by atoms with Crippen LogP contribution < -0.4 is 4.74 Å². The fourth-order valence-electron chi connectivity index (χ4n) is 2.74. The van der Waals surface area contributed by atoms with Gasteiger partial charge >= 0.3 is 0 Å². The summed E-state index contributed by atoms with van der Waals surface area (Å²) in [4.78, 5) is 11.6. The maximum absolute atomic E-state index is 11.6. The van der Waals surface area contributed by atoms with Crippen LogP contribution in [-0.4, -0.2) is 17.5 Å². The minimum absolute atomic E-state index is 0.158. The summed E-state index contributed by atoms with van der Waals surface area (Å²) in [6, 6.07) is 3.72. The van der Waals surface area contributed by atoms with E-state index in [1.165, 1.54) is 26.1 Å². The van der Waals surface area contributed by atoms with Gasteiger partial charge in [0.15, 0.2) is 17.3 Å². The van der Waals surface area contributed by atoms with Crippen molar-refractivity contribution in [1.29, 1.82) is 0 Å². The van der Waals surface area contributed by atoms with Gasteiger partial charge in [-0.15, -0.1) is 0 Å². The summed E-state index contributed by atoms with van der Waals surface area (Å²) < 4.78 is 13.1. The summed E-state index contributed by atoms with van der Waals surface area (Å²) in [6.45, 7) is 2.39. The highest BCUT2D eigenvalue weighted by Gasteiger charge is 2.24. The topological polar surface area (TPSA) is 44.4 Å². The molecular formula is C15H16ClNO3. The van der Waals surface area contributed by atoms with Crippen LogP contribution in [0.15, 0.2) is 16.5 Å². The lowest BCUT2D eigenvalue weighted by Crippen LogP contribution is -2.10. The zero-order valence-electron chi connectivity index (χ0n) is 11.5. The number of fused-ring (bicyclic) bond motifs is 1. The average Bonchev–Trinajstić information content (AvgIpc) is 2.98. The molecule has 106 valence electrons. The number of aryl methyl sites for hydroxylation is 1. The maximum atomic E-state index is 11.6. The molecule has 0 radical (unpaired) electrons. The van der Waals surface area contributed by atoms with Crippen molar-refractivity contribution in [1.82, 2.24) is 4.57 Å². The third kappa shape index (κ3) is 2.04. The minimum atomic E-state index is -0.158. The zero-order valence-corrected chi connectivity index (χ0v) is 12.3. The molecule has 3 heterocycles. The second kappa shape index (κ2) is 5.02. The van der Waals surface area contributed by atoms with Crippen LogP contribution in [0.3, 0.4) is 0 Å². The molecule has 0 saturated heterocycles. The van der Waals surface area contributed by atoms with Gasteiger partial charge in [0.05, 0.1) is 12.1 Å². The summed E-state index contributed by atoms with van der Waals surface area (Å²) in [5, 5.41) is 0.661. The number of ether oxygens (including phenoxy) is 1. The SMILES string of the molecule is COc1cc(-c2c(Cl)cc3n2CCCC3)oc1C(C)=O. The van der Waals surface area contributed by atoms with Crippen molar-refractivity contribution >= 4 is 17.4 Å². The highest BCUT2D eigenvalue weighted by molar-refractivity contribution is 6.33. The van der Waals surface area contributed by atoms with Crippen LogP contribution in [0.4, 0.5) is 0 Å². The van der Waals surface area contributed by atoms with Gasteiger partial charge in [0.2, 0.25) is 5.76 Å². The predicted molar refractivity (Wildman–Crippen MR) is 76.6 cm³/mol. The zero-order chi connectivity index (χ0) is 14.3. The Balaban J connectivity index is 2.14. The van der Waals surface area contributed by atoms with Gasteiger partial charge in [-0.25, -0.2) is 0 Å². The molecule has 20 heavy (non-hydrogen) atoms. The minimum Gasteiger partial charge on any atom is -0.493 e. The van der Waals surface area contributed by atoms with Crippen LogP contribution in [0.1, 0.15) is 36.0 Å². The lowest BCUT2D eigenvalue weighted by Gasteiger charge is -2.16. The van der Waals surface area contributed by atoms with E-state index in [2.05, 4.69) is 4.57 Å². The van der Waals surface area contributed by atoms with Crippen LogP contribution in [0.5, 0.6) is 5.75 Å². The molecule has 0 N–H and O–H groups in total. The largest absolute Gasteiger partial charge is 0.493 e. The van der Waals surface area contributed by atoms with Gasteiger partial charge in [0, 0.05) is 25.2 Å². The fourth-order valence-corrected chi connectivity index (χ4v) is 3.06. The van der Waals surface area contributed by atoms with Crippen LogP contribution in [0.2, 0.25) is 5.02 Å². The Morgan fingerprint density at radius 1 is 1.40 bits per heavy atom. The number of ketones is 1. The number of hydrogen-bond donors (Lipinski definition) is 0. The van der Waals surface area contributed by atoms with Crippen molar-refractivity contribution in [3.05, 3.63) is 28.6 Å². The Hall–Kier alpha value is -1.68. The fraction of sp³-hybridized carbons (Fsp3) is 0.400. The summed E-state index contributed by atoms with van der Waals surface area (Å²) >= 11 is 6.35. The molecule has 1 aliphatic rings. The van der Waals surface area contributed by atoms with E-state index in [9.17, 15) is 4.79 Å². The molecule has 5 heteroatoms. The molecule has 0 unspecified atom stereocenters.